The van der Waals surface area contributed by atoms with Crippen molar-refractivity contribution in [1.29, 1.82) is 0 Å². The van der Waals surface area contributed by atoms with Gasteiger partial charge in [-0.05, 0) is 56.9 Å². The van der Waals surface area contributed by atoms with Gasteiger partial charge in [-0.2, -0.15) is 4.98 Å². The van der Waals surface area contributed by atoms with Gasteiger partial charge in [0.2, 0.25) is 15.9 Å². The number of rotatable bonds is 8. The van der Waals surface area contributed by atoms with E-state index in [1.807, 2.05) is 19.9 Å². The molecule has 1 fully saturated rings. The zero-order valence-corrected chi connectivity index (χ0v) is 18.2. The molecule has 1 N–H and O–H groups in total. The van der Waals surface area contributed by atoms with Crippen molar-refractivity contribution in [3.05, 3.63) is 35.2 Å². The molecule has 0 bridgehead atoms. The molecule has 0 atom stereocenters. The molecule has 0 unspecified atom stereocenters. The first-order chi connectivity index (χ1) is 13.8. The fourth-order valence-corrected chi connectivity index (χ4v) is 4.71. The fraction of sp³-hybridized carbons (Fsp3) is 0.500. The molecule has 1 aliphatic heterocycles. The van der Waals surface area contributed by atoms with Crippen LogP contribution in [0.1, 0.15) is 29.8 Å². The fourth-order valence-electron chi connectivity index (χ4n) is 3.39. The highest BCUT2D eigenvalue weighted by Gasteiger charge is 2.19. The second kappa shape index (κ2) is 8.96. The van der Waals surface area contributed by atoms with Gasteiger partial charge in [-0.15, -0.1) is 0 Å². The highest BCUT2D eigenvalue weighted by molar-refractivity contribution is 7.89. The first-order valence-electron chi connectivity index (χ1n) is 9.68. The van der Waals surface area contributed by atoms with Gasteiger partial charge in [-0.3, -0.25) is 0 Å². The monoisotopic (exact) mass is 420 g/mol. The van der Waals surface area contributed by atoms with Crippen LogP contribution in [0.2, 0.25) is 0 Å². The molecule has 1 aliphatic rings. The number of aryl methyl sites for hydroxylation is 3. The van der Waals surface area contributed by atoms with Gasteiger partial charge in [-0.25, -0.2) is 18.1 Å². The molecule has 2 aromatic rings. The molecule has 29 heavy (non-hydrogen) atoms. The quantitative estimate of drug-likeness (QED) is 0.655. The second-order valence-electron chi connectivity index (χ2n) is 7.14. The third-order valence-electron chi connectivity index (χ3n) is 4.86. The summed E-state index contributed by atoms with van der Waals surface area (Å²) >= 11 is 0. The Bertz CT molecular complexity index is 973. The third-order valence-corrected chi connectivity index (χ3v) is 6.46. The van der Waals surface area contributed by atoms with Crippen molar-refractivity contribution in [3.8, 4) is 11.6 Å². The highest BCUT2D eigenvalue weighted by atomic mass is 32.2. The normalized spacial score (nSPS) is 14.3. The maximum absolute atomic E-state index is 12.7. The Kier molecular flexibility index (Phi) is 6.59. The minimum atomic E-state index is -3.65. The summed E-state index contributed by atoms with van der Waals surface area (Å²) < 4.78 is 38.8. The van der Waals surface area contributed by atoms with Gasteiger partial charge >= 0.3 is 0 Å². The number of anilines is 1. The molecule has 1 aromatic carbocycles. The van der Waals surface area contributed by atoms with E-state index in [1.54, 1.807) is 26.2 Å². The van der Waals surface area contributed by atoms with Crippen molar-refractivity contribution in [2.45, 2.75) is 38.5 Å². The van der Waals surface area contributed by atoms with E-state index in [1.165, 1.54) is 0 Å². The lowest BCUT2D eigenvalue weighted by molar-refractivity contribution is 0.309. The number of methoxy groups -OCH3 is 1. The van der Waals surface area contributed by atoms with Crippen LogP contribution in [0.3, 0.4) is 0 Å². The van der Waals surface area contributed by atoms with Gasteiger partial charge in [0, 0.05) is 25.7 Å². The number of sulfonamides is 1. The van der Waals surface area contributed by atoms with Crippen LogP contribution in [0.15, 0.2) is 23.1 Å². The first-order valence-corrected chi connectivity index (χ1v) is 11.2. The van der Waals surface area contributed by atoms with Crippen molar-refractivity contribution >= 4 is 15.8 Å². The molecular weight excluding hydrogens is 392 g/mol. The maximum Gasteiger partial charge on any atom is 0.240 e. The standard InChI is InChI=1S/C20H28N4O4S/c1-14-12-18(15(2)11-17(14)27-4)29(25,26)21-7-10-28-20-13-19(22-16(3)23-20)24-8-5-6-9-24/h11-13,21H,5-10H2,1-4H3. The minimum Gasteiger partial charge on any atom is -0.496 e. The SMILES string of the molecule is COc1cc(C)c(S(=O)(=O)NCCOc2cc(N3CCCC3)nc(C)n2)cc1C. The summed E-state index contributed by atoms with van der Waals surface area (Å²) in [5.74, 6) is 2.61. The van der Waals surface area contributed by atoms with Crippen LogP contribution in [0.4, 0.5) is 5.82 Å². The van der Waals surface area contributed by atoms with Gasteiger partial charge in [-0.1, -0.05) is 0 Å². The summed E-state index contributed by atoms with van der Waals surface area (Å²) in [6.45, 7) is 7.65. The van der Waals surface area contributed by atoms with Gasteiger partial charge in [0.25, 0.3) is 0 Å². The lowest BCUT2D eigenvalue weighted by atomic mass is 10.1. The lowest BCUT2D eigenvalue weighted by Crippen LogP contribution is -2.29. The third kappa shape index (κ3) is 5.16. The zero-order valence-electron chi connectivity index (χ0n) is 17.4. The summed E-state index contributed by atoms with van der Waals surface area (Å²) in [7, 11) is -2.08. The molecule has 2 heterocycles. The Labute approximate surface area is 172 Å². The van der Waals surface area contributed by atoms with E-state index in [9.17, 15) is 8.42 Å². The Morgan fingerprint density at radius 1 is 1.07 bits per heavy atom. The summed E-state index contributed by atoms with van der Waals surface area (Å²) in [6.07, 6.45) is 2.32. The molecule has 0 aliphatic carbocycles. The largest absolute Gasteiger partial charge is 0.496 e. The van der Waals surface area contributed by atoms with Crippen molar-refractivity contribution in [2.24, 2.45) is 0 Å². The van der Waals surface area contributed by atoms with Gasteiger partial charge in [0.1, 0.15) is 24.0 Å². The van der Waals surface area contributed by atoms with E-state index >= 15 is 0 Å². The Morgan fingerprint density at radius 2 is 1.79 bits per heavy atom. The molecule has 3 rings (SSSR count). The molecule has 8 nitrogen and oxygen atoms in total. The van der Waals surface area contributed by atoms with Crippen LogP contribution in [-0.4, -0.2) is 51.7 Å². The van der Waals surface area contributed by atoms with E-state index in [2.05, 4.69) is 19.6 Å². The van der Waals surface area contributed by atoms with E-state index in [4.69, 9.17) is 9.47 Å². The average molecular weight is 421 g/mol. The van der Waals surface area contributed by atoms with Crippen molar-refractivity contribution < 1.29 is 17.9 Å². The number of hydrogen-bond acceptors (Lipinski definition) is 7. The molecule has 1 saturated heterocycles. The number of ether oxygens (including phenoxy) is 2. The maximum atomic E-state index is 12.7. The van der Waals surface area contributed by atoms with E-state index in [0.29, 0.717) is 23.0 Å². The van der Waals surface area contributed by atoms with E-state index in [0.717, 1.165) is 37.3 Å². The lowest BCUT2D eigenvalue weighted by Gasteiger charge is -2.17. The van der Waals surface area contributed by atoms with Crippen LogP contribution >= 0.6 is 0 Å². The molecule has 9 heteroatoms. The molecule has 0 spiro atoms. The summed E-state index contributed by atoms with van der Waals surface area (Å²) in [5, 5.41) is 0. The number of benzene rings is 1. The number of aromatic nitrogens is 2. The topological polar surface area (TPSA) is 93.7 Å². The number of hydrogen-bond donors (Lipinski definition) is 1. The molecular formula is C20H28N4O4S. The Balaban J connectivity index is 1.61. The predicted octanol–water partition coefficient (Wildman–Crippen LogP) is 2.37. The summed E-state index contributed by atoms with van der Waals surface area (Å²) in [6, 6.07) is 5.15. The average Bonchev–Trinajstić information content (AvgIpc) is 3.21. The molecule has 0 radical (unpaired) electrons. The molecule has 1 aromatic heterocycles. The van der Waals surface area contributed by atoms with Crippen molar-refractivity contribution in [2.75, 3.05) is 38.3 Å². The van der Waals surface area contributed by atoms with Gasteiger partial charge in [0.15, 0.2) is 0 Å². The summed E-state index contributed by atoms with van der Waals surface area (Å²) in [4.78, 5) is 11.2. The van der Waals surface area contributed by atoms with Crippen LogP contribution in [-0.2, 0) is 10.0 Å². The van der Waals surface area contributed by atoms with Crippen LogP contribution in [0.5, 0.6) is 11.6 Å². The first kappa shape index (κ1) is 21.3. The molecule has 158 valence electrons. The molecule has 0 amide bonds. The van der Waals surface area contributed by atoms with Gasteiger partial charge < -0.3 is 14.4 Å². The molecule has 0 saturated carbocycles. The number of nitrogens with zero attached hydrogens (tertiary/aromatic N) is 3. The van der Waals surface area contributed by atoms with Crippen LogP contribution < -0.4 is 19.1 Å². The predicted molar refractivity (Wildman–Crippen MR) is 111 cm³/mol. The Hall–Kier alpha value is -2.39. The smallest absolute Gasteiger partial charge is 0.240 e. The summed E-state index contributed by atoms with van der Waals surface area (Å²) in [5.41, 5.74) is 1.39. The van der Waals surface area contributed by atoms with Crippen molar-refractivity contribution in [3.63, 3.8) is 0 Å². The van der Waals surface area contributed by atoms with Gasteiger partial charge in [0.05, 0.1) is 12.0 Å². The minimum absolute atomic E-state index is 0.134. The van der Waals surface area contributed by atoms with E-state index in [-0.39, 0.29) is 18.0 Å². The van der Waals surface area contributed by atoms with Crippen LogP contribution in [0, 0.1) is 20.8 Å². The second-order valence-corrected chi connectivity index (χ2v) is 8.87. The number of nitrogens with one attached hydrogen (secondary N) is 1. The Morgan fingerprint density at radius 3 is 2.48 bits per heavy atom. The van der Waals surface area contributed by atoms with E-state index < -0.39 is 10.0 Å². The van der Waals surface area contributed by atoms with Crippen molar-refractivity contribution in [1.82, 2.24) is 14.7 Å². The zero-order chi connectivity index (χ0) is 21.0. The van der Waals surface area contributed by atoms with Crippen LogP contribution in [0.25, 0.3) is 0 Å². The highest BCUT2D eigenvalue weighted by Crippen LogP contribution is 2.25.